The monoisotopic (exact) mass is 760 g/mol. The molecule has 5 amide bonds. The second-order valence-corrected chi connectivity index (χ2v) is 16.4. The van der Waals surface area contributed by atoms with Crippen molar-refractivity contribution in [2.45, 2.75) is 101 Å². The number of nitrogens with one attached hydrogen (secondary N) is 2. The summed E-state index contributed by atoms with van der Waals surface area (Å²) in [7, 11) is 0. The van der Waals surface area contributed by atoms with Crippen molar-refractivity contribution in [3.05, 3.63) is 98.9 Å². The molecule has 4 heterocycles. The number of imide groups is 2. The van der Waals surface area contributed by atoms with Gasteiger partial charge in [0.1, 0.15) is 17.4 Å². The van der Waals surface area contributed by atoms with Crippen LogP contribution in [0.2, 0.25) is 5.02 Å². The van der Waals surface area contributed by atoms with Gasteiger partial charge in [0.25, 0.3) is 17.7 Å². The minimum absolute atomic E-state index is 0.0475. The van der Waals surface area contributed by atoms with Crippen LogP contribution in [0, 0.1) is 6.57 Å². The SMILES string of the molecule is [C-]#[N+]c1ccc(OC23CCC(NC(=O)c4ccc(N5CCC(N6Cc7cc8c(cc7C6)C(=O)N(C6CCC(=O)NC6=O)C8=O)CC5)cc4)(CC2)CC3)cc1Cl. The Kier molecular flexibility index (Phi) is 8.70. The fourth-order valence-electron chi connectivity index (χ4n) is 9.66. The number of piperidine rings is 2. The molecule has 2 N–H and O–H groups in total. The van der Waals surface area contributed by atoms with E-state index in [2.05, 4.69) is 25.3 Å². The van der Waals surface area contributed by atoms with Gasteiger partial charge in [0, 0.05) is 55.4 Å². The van der Waals surface area contributed by atoms with Gasteiger partial charge in [-0.1, -0.05) is 17.7 Å². The van der Waals surface area contributed by atoms with E-state index < -0.39 is 23.8 Å². The smallest absolute Gasteiger partial charge is 0.262 e. The van der Waals surface area contributed by atoms with Gasteiger partial charge in [-0.3, -0.25) is 39.1 Å². The zero-order chi connectivity index (χ0) is 38.1. The number of hydrogen-bond donors (Lipinski definition) is 2. The Balaban J connectivity index is 0.766. The minimum atomic E-state index is -0.967. The molecular formula is C42H41ClN6O6. The van der Waals surface area contributed by atoms with Crippen LogP contribution >= 0.6 is 11.6 Å². The lowest BCUT2D eigenvalue weighted by molar-refractivity contribution is -0.136. The van der Waals surface area contributed by atoms with Gasteiger partial charge < -0.3 is 15.0 Å². The molecule has 1 unspecified atom stereocenters. The van der Waals surface area contributed by atoms with Gasteiger partial charge in [-0.15, -0.1) is 0 Å². The van der Waals surface area contributed by atoms with Crippen LogP contribution in [-0.4, -0.2) is 75.6 Å². The zero-order valence-electron chi connectivity index (χ0n) is 30.4. The lowest BCUT2D eigenvalue weighted by Gasteiger charge is -2.53. The van der Waals surface area contributed by atoms with Gasteiger partial charge in [-0.25, -0.2) is 4.85 Å². The molecule has 0 radical (unpaired) electrons. The number of hydrogen-bond acceptors (Lipinski definition) is 8. The number of ether oxygens (including phenoxy) is 1. The molecule has 4 aliphatic heterocycles. The molecule has 2 saturated heterocycles. The normalized spacial score (nSPS) is 26.4. The number of anilines is 1. The molecule has 282 valence electrons. The standard InChI is InChI=1S/C42H41ClN6O6/c1-44-34-7-6-30(22-33(34)43)55-42-15-12-41(13-16-42,14-17-42)46-37(51)25-2-4-28(5-3-25)47-18-10-29(11-19-47)48-23-26-20-31-32(21-27(26)24-48)40(54)49(39(31)53)35-8-9-36(50)45-38(35)52/h2-7,20-22,29,35H,8-19,23-24H2,(H,46,51)(H,45,50,52). The first-order valence-corrected chi connectivity index (χ1v) is 19.6. The van der Waals surface area contributed by atoms with E-state index in [4.69, 9.17) is 22.9 Å². The third kappa shape index (κ3) is 6.33. The highest BCUT2D eigenvalue weighted by Crippen LogP contribution is 2.49. The Morgan fingerprint density at radius 2 is 1.49 bits per heavy atom. The maximum Gasteiger partial charge on any atom is 0.262 e. The lowest BCUT2D eigenvalue weighted by Crippen LogP contribution is -2.60. The van der Waals surface area contributed by atoms with Gasteiger partial charge in [0.15, 0.2) is 0 Å². The van der Waals surface area contributed by atoms with E-state index in [-0.39, 0.29) is 35.8 Å². The van der Waals surface area contributed by atoms with Gasteiger partial charge in [0.2, 0.25) is 17.5 Å². The number of fused-ring (bicyclic) bond motifs is 5. The molecule has 12 nitrogen and oxygen atoms in total. The fourth-order valence-corrected chi connectivity index (χ4v) is 9.87. The third-order valence-corrected chi connectivity index (χ3v) is 13.2. The first-order chi connectivity index (χ1) is 26.5. The van der Waals surface area contributed by atoms with E-state index in [1.165, 1.54) is 0 Å². The first-order valence-electron chi connectivity index (χ1n) is 19.2. The largest absolute Gasteiger partial charge is 0.487 e. The lowest BCUT2D eigenvalue weighted by atomic mass is 9.63. The van der Waals surface area contributed by atoms with Crippen molar-refractivity contribution in [3.8, 4) is 5.75 Å². The number of nitrogens with zero attached hydrogens (tertiary/aromatic N) is 4. The van der Waals surface area contributed by atoms with Gasteiger partial charge in [-0.05, 0) is 117 Å². The van der Waals surface area contributed by atoms with E-state index in [0.29, 0.717) is 52.3 Å². The Labute approximate surface area is 323 Å². The molecular weight excluding hydrogens is 720 g/mol. The molecule has 13 heteroatoms. The van der Waals surface area contributed by atoms with Crippen LogP contribution in [-0.2, 0) is 22.7 Å². The predicted octanol–water partition coefficient (Wildman–Crippen LogP) is 5.93. The Bertz CT molecular complexity index is 2120. The summed E-state index contributed by atoms with van der Waals surface area (Å²) in [5.74, 6) is -1.30. The summed E-state index contributed by atoms with van der Waals surface area (Å²) in [5.41, 5.74) is 4.39. The van der Waals surface area contributed by atoms with Crippen molar-refractivity contribution >= 4 is 52.5 Å². The molecule has 55 heavy (non-hydrogen) atoms. The molecule has 0 aromatic heterocycles. The highest BCUT2D eigenvalue weighted by molar-refractivity contribution is 6.33. The average molecular weight is 761 g/mol. The molecule has 7 aliphatic rings. The summed E-state index contributed by atoms with van der Waals surface area (Å²) in [6.45, 7) is 10.4. The molecule has 3 aromatic rings. The van der Waals surface area contributed by atoms with Crippen LogP contribution in [0.5, 0.6) is 5.75 Å². The van der Waals surface area contributed by atoms with E-state index >= 15 is 0 Å². The highest BCUT2D eigenvalue weighted by Gasteiger charge is 2.51. The minimum Gasteiger partial charge on any atom is -0.487 e. The third-order valence-electron chi connectivity index (χ3n) is 12.9. The zero-order valence-corrected chi connectivity index (χ0v) is 31.1. The molecule has 10 rings (SSSR count). The van der Waals surface area contributed by atoms with Crippen molar-refractivity contribution in [3.63, 3.8) is 0 Å². The molecule has 0 spiro atoms. The van der Waals surface area contributed by atoms with Crippen molar-refractivity contribution in [2.75, 3.05) is 18.0 Å². The summed E-state index contributed by atoms with van der Waals surface area (Å²) in [4.78, 5) is 73.5. The number of carbonyl (C=O) groups is 5. The quantitative estimate of drug-likeness (QED) is 0.224. The maximum absolute atomic E-state index is 13.5. The molecule has 3 aliphatic carbocycles. The van der Waals surface area contributed by atoms with Crippen LogP contribution in [0.3, 0.4) is 0 Å². The van der Waals surface area contributed by atoms with Crippen molar-refractivity contribution in [1.82, 2.24) is 20.4 Å². The van der Waals surface area contributed by atoms with Crippen LogP contribution < -0.4 is 20.3 Å². The average Bonchev–Trinajstić information content (AvgIpc) is 3.72. The Morgan fingerprint density at radius 3 is 2.07 bits per heavy atom. The number of benzene rings is 3. The van der Waals surface area contributed by atoms with E-state index in [9.17, 15) is 24.0 Å². The second kappa shape index (κ2) is 13.5. The van der Waals surface area contributed by atoms with E-state index in [1.54, 1.807) is 12.1 Å². The maximum atomic E-state index is 13.5. The summed E-state index contributed by atoms with van der Waals surface area (Å²) < 4.78 is 6.47. The van der Waals surface area contributed by atoms with Crippen molar-refractivity contribution in [2.24, 2.45) is 0 Å². The van der Waals surface area contributed by atoms with Gasteiger partial charge in [-0.2, -0.15) is 0 Å². The fraction of sp³-hybridized carbons (Fsp3) is 0.429. The predicted molar refractivity (Wildman–Crippen MR) is 203 cm³/mol. The van der Waals surface area contributed by atoms with Crippen LogP contribution in [0.15, 0.2) is 54.6 Å². The molecule has 3 aromatic carbocycles. The van der Waals surface area contributed by atoms with E-state index in [1.807, 2.05) is 42.5 Å². The summed E-state index contributed by atoms with van der Waals surface area (Å²) >= 11 is 6.25. The van der Waals surface area contributed by atoms with Crippen LogP contribution in [0.1, 0.15) is 106 Å². The van der Waals surface area contributed by atoms with E-state index in [0.717, 1.165) is 86.2 Å². The van der Waals surface area contributed by atoms with Crippen LogP contribution in [0.25, 0.3) is 4.85 Å². The number of halogens is 1. The Hall–Kier alpha value is -5.25. The first kappa shape index (κ1) is 35.5. The number of carbonyl (C=O) groups excluding carboxylic acids is 5. The Morgan fingerprint density at radius 1 is 0.855 bits per heavy atom. The molecule has 2 bridgehead atoms. The van der Waals surface area contributed by atoms with Crippen LogP contribution in [0.4, 0.5) is 11.4 Å². The topological polar surface area (TPSA) is 133 Å². The number of amides is 5. The highest BCUT2D eigenvalue weighted by atomic mass is 35.5. The second-order valence-electron chi connectivity index (χ2n) is 16.0. The summed E-state index contributed by atoms with van der Waals surface area (Å²) in [6.07, 6.45) is 7.25. The van der Waals surface area contributed by atoms with Gasteiger partial charge in [0.05, 0.1) is 22.7 Å². The van der Waals surface area contributed by atoms with Crippen molar-refractivity contribution < 1.29 is 28.7 Å². The molecule has 1 atom stereocenters. The molecule has 5 fully saturated rings. The van der Waals surface area contributed by atoms with Gasteiger partial charge >= 0.3 is 0 Å². The summed E-state index contributed by atoms with van der Waals surface area (Å²) in [6, 6.07) is 16.2. The number of rotatable bonds is 7. The summed E-state index contributed by atoms with van der Waals surface area (Å²) in [5, 5.41) is 6.04. The van der Waals surface area contributed by atoms with Crippen molar-refractivity contribution in [1.29, 1.82) is 0 Å². The molecule has 3 saturated carbocycles.